The Kier molecular flexibility index (Phi) is 7.89. The highest BCUT2D eigenvalue weighted by atomic mass is 16.7. The van der Waals surface area contributed by atoms with Gasteiger partial charge in [0.2, 0.25) is 11.8 Å². The zero-order chi connectivity index (χ0) is 18.8. The third kappa shape index (κ3) is 7.32. The molecule has 1 aliphatic heterocycles. The Bertz CT molecular complexity index is 587. The van der Waals surface area contributed by atoms with Gasteiger partial charge in [0, 0.05) is 18.0 Å². The molecule has 0 aromatic rings. The lowest BCUT2D eigenvalue weighted by Crippen LogP contribution is -2.50. The summed E-state index contributed by atoms with van der Waals surface area (Å²) in [5.41, 5.74) is 20.6. The summed E-state index contributed by atoms with van der Waals surface area (Å²) in [7, 11) is 0. The molecule has 0 aliphatic carbocycles. The van der Waals surface area contributed by atoms with Crippen LogP contribution in [0.5, 0.6) is 0 Å². The quantitative estimate of drug-likeness (QED) is 0.0450. The maximum Gasteiger partial charge on any atom is 0.251 e. The van der Waals surface area contributed by atoms with E-state index >= 15 is 0 Å². The summed E-state index contributed by atoms with van der Waals surface area (Å²) < 4.78 is 0. The van der Waals surface area contributed by atoms with E-state index in [-0.39, 0.29) is 25.0 Å². The molecule has 1 fully saturated rings. The Morgan fingerprint density at radius 1 is 1.48 bits per heavy atom. The second-order valence-corrected chi connectivity index (χ2v) is 5.30. The van der Waals surface area contributed by atoms with Gasteiger partial charge in [-0.1, -0.05) is 10.5 Å². The van der Waals surface area contributed by atoms with Crippen LogP contribution < -0.4 is 27.5 Å². The van der Waals surface area contributed by atoms with Gasteiger partial charge >= 0.3 is 0 Å². The fraction of sp³-hybridized carbons (Fsp3) is 0.727. The molecule has 2 amide bonds. The van der Waals surface area contributed by atoms with Crippen LogP contribution in [0.25, 0.3) is 10.4 Å². The van der Waals surface area contributed by atoms with Crippen molar-refractivity contribution in [2.24, 2.45) is 21.6 Å². The maximum absolute atomic E-state index is 12.1. The highest BCUT2D eigenvalue weighted by Gasteiger charge is 2.30. The van der Waals surface area contributed by atoms with Crippen LogP contribution in [-0.4, -0.2) is 54.0 Å². The minimum Gasteiger partial charge on any atom is -0.368 e. The molecule has 14 nitrogen and oxygen atoms in total. The first-order valence-electron chi connectivity index (χ1n) is 7.41. The van der Waals surface area contributed by atoms with Crippen molar-refractivity contribution in [1.82, 2.24) is 16.1 Å². The summed E-state index contributed by atoms with van der Waals surface area (Å²) in [6, 6.07) is -1.80. The van der Waals surface area contributed by atoms with Crippen LogP contribution >= 0.6 is 0 Å². The molecular weight excluding hydrogens is 336 g/mol. The Hall–Kier alpha value is -3.12. The van der Waals surface area contributed by atoms with Crippen molar-refractivity contribution in [3.63, 3.8) is 0 Å². The third-order valence-electron chi connectivity index (χ3n) is 3.44. The highest BCUT2D eigenvalue weighted by molar-refractivity contribution is 5.89. The average molecular weight is 356 g/mol. The zero-order valence-corrected chi connectivity index (χ0v) is 13.3. The van der Waals surface area contributed by atoms with E-state index < -0.39 is 28.9 Å². The number of nitrogens with two attached hydrogens (primary N) is 2. The highest BCUT2D eigenvalue weighted by Crippen LogP contribution is 2.11. The van der Waals surface area contributed by atoms with Crippen LogP contribution in [0.15, 0.2) is 10.1 Å². The van der Waals surface area contributed by atoms with Crippen LogP contribution in [-0.2, 0) is 9.59 Å². The fourth-order valence-corrected chi connectivity index (χ4v) is 2.26. The number of aliphatic imine (C=N–C) groups is 1. The standard InChI is InChI=1S/C11H20N10O4/c12-9(22)7(2-1-3-15-11(13)19-21(24)25)17-10(23)8-4-6(5-16-8)18-20-14/h6-8,16H,1-5H2,(H2,12,22)(H,17,23)(H3,13,15,19)/t6-,7-,8?/m1/s1. The first-order valence-corrected chi connectivity index (χ1v) is 7.41. The molecule has 0 bridgehead atoms. The summed E-state index contributed by atoms with van der Waals surface area (Å²) in [6.07, 6.45) is 0.852. The van der Waals surface area contributed by atoms with Gasteiger partial charge in [0.25, 0.3) is 5.96 Å². The number of hydrogen-bond acceptors (Lipinski definition) is 7. The van der Waals surface area contributed by atoms with Crippen molar-refractivity contribution in [3.8, 4) is 0 Å². The van der Waals surface area contributed by atoms with Crippen LogP contribution in [0, 0.1) is 10.1 Å². The SMILES string of the molecule is [N-]=[N+]=N[C@H]1CNC(C(=O)N[C@H](CCCN=C(N)N[N+](=O)[O-])C(N)=O)C1. The average Bonchev–Trinajstić information content (AvgIpc) is 2.98. The van der Waals surface area contributed by atoms with Crippen molar-refractivity contribution in [2.75, 3.05) is 13.1 Å². The van der Waals surface area contributed by atoms with Crippen molar-refractivity contribution in [1.29, 1.82) is 0 Å². The number of guanidine groups is 1. The molecule has 3 atom stereocenters. The molecule has 0 spiro atoms. The van der Waals surface area contributed by atoms with Gasteiger partial charge in [-0.25, -0.2) is 15.1 Å². The van der Waals surface area contributed by atoms with E-state index in [4.69, 9.17) is 17.0 Å². The van der Waals surface area contributed by atoms with Crippen LogP contribution in [0.4, 0.5) is 0 Å². The largest absolute Gasteiger partial charge is 0.368 e. The molecule has 1 aliphatic rings. The maximum atomic E-state index is 12.1. The predicted molar refractivity (Wildman–Crippen MR) is 86.3 cm³/mol. The number of amides is 2. The number of nitrogens with zero attached hydrogens (tertiary/aromatic N) is 5. The minimum absolute atomic E-state index is 0.118. The van der Waals surface area contributed by atoms with Gasteiger partial charge < -0.3 is 22.1 Å². The lowest BCUT2D eigenvalue weighted by Gasteiger charge is -2.18. The monoisotopic (exact) mass is 356 g/mol. The van der Waals surface area contributed by atoms with Gasteiger partial charge in [0.05, 0.1) is 12.1 Å². The Morgan fingerprint density at radius 3 is 2.80 bits per heavy atom. The van der Waals surface area contributed by atoms with Crippen LogP contribution in [0.2, 0.25) is 0 Å². The zero-order valence-electron chi connectivity index (χ0n) is 13.3. The van der Waals surface area contributed by atoms with E-state index in [1.165, 1.54) is 0 Å². The van der Waals surface area contributed by atoms with E-state index in [1.54, 1.807) is 5.43 Å². The normalized spacial score (nSPS) is 21.0. The molecular formula is C11H20N10O4. The first kappa shape index (κ1) is 19.9. The summed E-state index contributed by atoms with van der Waals surface area (Å²) in [5.74, 6) is -1.49. The van der Waals surface area contributed by atoms with Crippen molar-refractivity contribution in [3.05, 3.63) is 20.6 Å². The summed E-state index contributed by atoms with van der Waals surface area (Å²) >= 11 is 0. The Balaban J connectivity index is 2.44. The number of rotatable bonds is 9. The number of nitrogens with one attached hydrogen (secondary N) is 3. The van der Waals surface area contributed by atoms with E-state index in [0.29, 0.717) is 19.4 Å². The van der Waals surface area contributed by atoms with E-state index in [2.05, 4.69) is 25.7 Å². The first-order chi connectivity index (χ1) is 11.8. The number of hydrogen-bond donors (Lipinski definition) is 5. The van der Waals surface area contributed by atoms with Gasteiger partial charge in [-0.15, -0.1) is 0 Å². The lowest BCUT2D eigenvalue weighted by molar-refractivity contribution is -0.525. The van der Waals surface area contributed by atoms with Gasteiger partial charge in [0.1, 0.15) is 6.04 Å². The number of carbonyl (C=O) groups is 2. The summed E-state index contributed by atoms with van der Waals surface area (Å²) in [6.45, 7) is 0.494. The molecule has 138 valence electrons. The molecule has 1 heterocycles. The predicted octanol–water partition coefficient (Wildman–Crippen LogP) is -2.13. The summed E-state index contributed by atoms with van der Waals surface area (Å²) in [4.78, 5) is 40.1. The van der Waals surface area contributed by atoms with Gasteiger partial charge in [-0.05, 0) is 24.8 Å². The second-order valence-electron chi connectivity index (χ2n) is 5.30. The minimum atomic E-state index is -0.910. The van der Waals surface area contributed by atoms with Gasteiger partial charge in [0.15, 0.2) is 5.03 Å². The molecule has 0 saturated carbocycles. The van der Waals surface area contributed by atoms with E-state index in [9.17, 15) is 19.7 Å². The van der Waals surface area contributed by atoms with Crippen molar-refractivity contribution < 1.29 is 14.6 Å². The number of carbonyl (C=O) groups excluding carboxylic acids is 2. The molecule has 25 heavy (non-hydrogen) atoms. The van der Waals surface area contributed by atoms with E-state index in [0.717, 1.165) is 0 Å². The second kappa shape index (κ2) is 9.89. The molecule has 0 radical (unpaired) electrons. The summed E-state index contributed by atoms with van der Waals surface area (Å²) in [5, 5.41) is 18.3. The Labute approximate surface area is 142 Å². The molecule has 1 saturated heterocycles. The topological polar surface area (TPSA) is 227 Å². The molecule has 0 aromatic carbocycles. The van der Waals surface area contributed by atoms with Gasteiger partial charge in [-0.2, -0.15) is 0 Å². The lowest BCUT2D eigenvalue weighted by atomic mass is 10.1. The van der Waals surface area contributed by atoms with E-state index in [1.807, 2.05) is 0 Å². The number of hydrazine groups is 1. The van der Waals surface area contributed by atoms with Gasteiger partial charge in [-0.3, -0.25) is 9.59 Å². The molecule has 1 rings (SSSR count). The molecule has 1 unspecified atom stereocenters. The number of azide groups is 1. The van der Waals surface area contributed by atoms with Crippen molar-refractivity contribution in [2.45, 2.75) is 37.4 Å². The van der Waals surface area contributed by atoms with Crippen LogP contribution in [0.3, 0.4) is 0 Å². The molecule has 14 heteroatoms. The fourth-order valence-electron chi connectivity index (χ4n) is 2.26. The number of primary amides is 1. The molecule has 0 aromatic heterocycles. The smallest absolute Gasteiger partial charge is 0.251 e. The van der Waals surface area contributed by atoms with Crippen LogP contribution in [0.1, 0.15) is 19.3 Å². The Morgan fingerprint density at radius 2 is 2.20 bits per heavy atom. The molecule has 7 N–H and O–H groups in total. The van der Waals surface area contributed by atoms with Crippen molar-refractivity contribution >= 4 is 17.8 Å². The third-order valence-corrected chi connectivity index (χ3v) is 3.44. The number of nitro groups is 1.